The zero-order valence-electron chi connectivity index (χ0n) is 10.9. The lowest BCUT2D eigenvalue weighted by molar-refractivity contribution is -0.129. The SMILES string of the molecule is C/C=C\C1=C(/C=C\C)C(=O)N(C(C)(C)C)C1. The number of nitrogens with zero attached hydrogens (tertiary/aromatic N) is 1. The van der Waals surface area contributed by atoms with Gasteiger partial charge in [0.2, 0.25) is 0 Å². The first-order valence-corrected chi connectivity index (χ1v) is 5.72. The van der Waals surface area contributed by atoms with Crippen LogP contribution in [0.15, 0.2) is 35.5 Å². The van der Waals surface area contributed by atoms with Crippen LogP contribution >= 0.6 is 0 Å². The van der Waals surface area contributed by atoms with Crippen molar-refractivity contribution in [3.63, 3.8) is 0 Å². The molecule has 0 aliphatic carbocycles. The van der Waals surface area contributed by atoms with Gasteiger partial charge >= 0.3 is 0 Å². The Bertz CT molecular complexity index is 367. The number of carbonyl (C=O) groups excluding carboxylic acids is 1. The molecule has 0 fully saturated rings. The molecule has 1 rings (SSSR count). The van der Waals surface area contributed by atoms with Crippen LogP contribution < -0.4 is 0 Å². The Balaban J connectivity index is 3.09. The van der Waals surface area contributed by atoms with Crippen molar-refractivity contribution in [2.75, 3.05) is 6.54 Å². The van der Waals surface area contributed by atoms with E-state index >= 15 is 0 Å². The van der Waals surface area contributed by atoms with E-state index in [1.165, 1.54) is 0 Å². The van der Waals surface area contributed by atoms with Crippen LogP contribution in [0.4, 0.5) is 0 Å². The fraction of sp³-hybridized carbons (Fsp3) is 0.500. The van der Waals surface area contributed by atoms with Gasteiger partial charge in [0.1, 0.15) is 0 Å². The third-order valence-electron chi connectivity index (χ3n) is 2.66. The molecule has 16 heavy (non-hydrogen) atoms. The second-order valence-corrected chi connectivity index (χ2v) is 5.00. The number of amides is 1. The molecule has 1 heterocycles. The van der Waals surface area contributed by atoms with Crippen LogP contribution in [0.25, 0.3) is 0 Å². The van der Waals surface area contributed by atoms with Crippen LogP contribution in [-0.2, 0) is 4.79 Å². The van der Waals surface area contributed by atoms with Crippen LogP contribution in [0.1, 0.15) is 34.6 Å². The van der Waals surface area contributed by atoms with Crippen molar-refractivity contribution in [3.8, 4) is 0 Å². The Hall–Kier alpha value is -1.31. The van der Waals surface area contributed by atoms with Crippen LogP contribution in [0.5, 0.6) is 0 Å². The summed E-state index contributed by atoms with van der Waals surface area (Å²) in [6.45, 7) is 10.8. The summed E-state index contributed by atoms with van der Waals surface area (Å²) >= 11 is 0. The molecule has 1 aliphatic heterocycles. The largest absolute Gasteiger partial charge is 0.329 e. The minimum absolute atomic E-state index is 0.118. The summed E-state index contributed by atoms with van der Waals surface area (Å²) in [5.74, 6) is 0.138. The van der Waals surface area contributed by atoms with Gasteiger partial charge in [-0.25, -0.2) is 0 Å². The number of carbonyl (C=O) groups is 1. The molecule has 0 bridgehead atoms. The van der Waals surface area contributed by atoms with Crippen molar-refractivity contribution >= 4 is 5.91 Å². The Kier molecular flexibility index (Phi) is 3.74. The minimum Gasteiger partial charge on any atom is -0.329 e. The Morgan fingerprint density at radius 2 is 1.69 bits per heavy atom. The second kappa shape index (κ2) is 4.69. The van der Waals surface area contributed by atoms with Crippen molar-refractivity contribution in [3.05, 3.63) is 35.5 Å². The summed E-state index contributed by atoms with van der Waals surface area (Å²) in [6.07, 6.45) is 7.84. The number of hydrogen-bond acceptors (Lipinski definition) is 1. The fourth-order valence-electron chi connectivity index (χ4n) is 1.84. The van der Waals surface area contributed by atoms with E-state index in [-0.39, 0.29) is 11.4 Å². The zero-order chi connectivity index (χ0) is 12.3. The molecule has 1 amide bonds. The van der Waals surface area contributed by atoms with E-state index in [0.717, 1.165) is 11.1 Å². The highest BCUT2D eigenvalue weighted by Crippen LogP contribution is 2.27. The molecule has 0 atom stereocenters. The fourth-order valence-corrected chi connectivity index (χ4v) is 1.84. The molecule has 0 unspecified atom stereocenters. The van der Waals surface area contributed by atoms with E-state index in [1.807, 2.05) is 43.1 Å². The molecule has 0 N–H and O–H groups in total. The second-order valence-electron chi connectivity index (χ2n) is 5.00. The average Bonchev–Trinajstić information content (AvgIpc) is 2.46. The van der Waals surface area contributed by atoms with Crippen molar-refractivity contribution in [1.29, 1.82) is 0 Å². The predicted octanol–water partition coefficient (Wildman–Crippen LogP) is 3.08. The van der Waals surface area contributed by atoms with Crippen LogP contribution in [-0.4, -0.2) is 22.9 Å². The first-order chi connectivity index (χ1) is 7.41. The summed E-state index contributed by atoms with van der Waals surface area (Å²) in [6, 6.07) is 0. The van der Waals surface area contributed by atoms with Gasteiger partial charge in [-0.2, -0.15) is 0 Å². The van der Waals surface area contributed by atoms with Gasteiger partial charge in [-0.15, -0.1) is 0 Å². The molecule has 0 aromatic heterocycles. The van der Waals surface area contributed by atoms with Crippen molar-refractivity contribution in [1.82, 2.24) is 4.90 Å². The molecule has 0 aromatic rings. The highest BCUT2D eigenvalue weighted by atomic mass is 16.2. The van der Waals surface area contributed by atoms with E-state index in [4.69, 9.17) is 0 Å². The number of hydrogen-bond donors (Lipinski definition) is 0. The van der Waals surface area contributed by atoms with E-state index in [9.17, 15) is 4.79 Å². The van der Waals surface area contributed by atoms with Gasteiger partial charge in [-0.05, 0) is 40.2 Å². The molecule has 88 valence electrons. The topological polar surface area (TPSA) is 20.3 Å². The monoisotopic (exact) mass is 219 g/mol. The van der Waals surface area contributed by atoms with Crippen molar-refractivity contribution in [2.24, 2.45) is 0 Å². The smallest absolute Gasteiger partial charge is 0.254 e. The van der Waals surface area contributed by atoms with Gasteiger partial charge in [0, 0.05) is 17.7 Å². The van der Waals surface area contributed by atoms with Crippen molar-refractivity contribution in [2.45, 2.75) is 40.2 Å². The first-order valence-electron chi connectivity index (χ1n) is 5.72. The summed E-state index contributed by atoms with van der Waals surface area (Å²) in [7, 11) is 0. The molecule has 0 aromatic carbocycles. The number of rotatable bonds is 2. The molecule has 0 radical (unpaired) electrons. The summed E-state index contributed by atoms with van der Waals surface area (Å²) < 4.78 is 0. The van der Waals surface area contributed by atoms with Crippen LogP contribution in [0.3, 0.4) is 0 Å². The third-order valence-corrected chi connectivity index (χ3v) is 2.66. The van der Waals surface area contributed by atoms with E-state index < -0.39 is 0 Å². The summed E-state index contributed by atoms with van der Waals surface area (Å²) in [5.41, 5.74) is 1.82. The van der Waals surface area contributed by atoms with E-state index in [2.05, 4.69) is 20.8 Å². The van der Waals surface area contributed by atoms with Gasteiger partial charge in [-0.3, -0.25) is 4.79 Å². The summed E-state index contributed by atoms with van der Waals surface area (Å²) in [4.78, 5) is 14.1. The highest BCUT2D eigenvalue weighted by Gasteiger charge is 2.34. The number of allylic oxidation sites excluding steroid dienone is 2. The van der Waals surface area contributed by atoms with Crippen LogP contribution in [0, 0.1) is 0 Å². The van der Waals surface area contributed by atoms with E-state index in [0.29, 0.717) is 6.54 Å². The Labute approximate surface area is 98.3 Å². The molecule has 0 saturated heterocycles. The summed E-state index contributed by atoms with van der Waals surface area (Å²) in [5, 5.41) is 0. The van der Waals surface area contributed by atoms with Gasteiger partial charge in [0.05, 0.1) is 0 Å². The third kappa shape index (κ3) is 2.43. The van der Waals surface area contributed by atoms with Gasteiger partial charge in [0.15, 0.2) is 0 Å². The van der Waals surface area contributed by atoms with Crippen LogP contribution in [0.2, 0.25) is 0 Å². The Morgan fingerprint density at radius 1 is 1.12 bits per heavy atom. The normalized spacial score (nSPS) is 18.6. The maximum Gasteiger partial charge on any atom is 0.254 e. The maximum atomic E-state index is 12.2. The molecule has 0 saturated carbocycles. The molecular weight excluding hydrogens is 198 g/mol. The van der Waals surface area contributed by atoms with Gasteiger partial charge in [0.25, 0.3) is 5.91 Å². The molecule has 2 nitrogen and oxygen atoms in total. The average molecular weight is 219 g/mol. The highest BCUT2D eigenvalue weighted by molar-refractivity contribution is 6.00. The molecule has 1 aliphatic rings. The predicted molar refractivity (Wildman–Crippen MR) is 68.1 cm³/mol. The first kappa shape index (κ1) is 12.8. The lowest BCUT2D eigenvalue weighted by Crippen LogP contribution is -2.43. The minimum atomic E-state index is -0.118. The molecular formula is C14H21NO. The molecule has 0 spiro atoms. The lowest BCUT2D eigenvalue weighted by Gasteiger charge is -2.32. The quantitative estimate of drug-likeness (QED) is 0.699. The van der Waals surface area contributed by atoms with Gasteiger partial charge in [-0.1, -0.05) is 24.3 Å². The maximum absolute atomic E-state index is 12.2. The Morgan fingerprint density at radius 3 is 2.12 bits per heavy atom. The lowest BCUT2D eigenvalue weighted by atomic mass is 10.1. The standard InChI is InChI=1S/C14H21NO/c1-6-8-11-10-15(14(3,4)5)13(16)12(11)9-7-2/h6-9H,10H2,1-5H3/b8-6-,9-7-. The van der Waals surface area contributed by atoms with Crippen molar-refractivity contribution < 1.29 is 4.79 Å². The zero-order valence-corrected chi connectivity index (χ0v) is 10.9. The van der Waals surface area contributed by atoms with E-state index in [1.54, 1.807) is 0 Å². The van der Waals surface area contributed by atoms with Gasteiger partial charge < -0.3 is 4.90 Å². The molecule has 2 heteroatoms.